The molecule has 0 atom stereocenters. The van der Waals surface area contributed by atoms with E-state index in [1.54, 1.807) is 38.5 Å². The minimum atomic E-state index is -3.68. The molecule has 2 N–H and O–H groups in total. The van der Waals surface area contributed by atoms with Gasteiger partial charge in [-0.25, -0.2) is 13.6 Å². The highest BCUT2D eigenvalue weighted by molar-refractivity contribution is 7.91. The zero-order valence-corrected chi connectivity index (χ0v) is 12.0. The van der Waals surface area contributed by atoms with Crippen molar-refractivity contribution in [3.63, 3.8) is 0 Å². The van der Waals surface area contributed by atoms with Gasteiger partial charge in [-0.15, -0.1) is 11.3 Å². The average molecular weight is 299 g/mol. The summed E-state index contributed by atoms with van der Waals surface area (Å²) in [6.07, 6.45) is 0. The lowest BCUT2D eigenvalue weighted by Crippen LogP contribution is -2.09. The van der Waals surface area contributed by atoms with Crippen molar-refractivity contribution in [2.75, 3.05) is 14.2 Å². The maximum Gasteiger partial charge on any atom is 0.247 e. The van der Waals surface area contributed by atoms with E-state index in [0.29, 0.717) is 11.5 Å². The Hall–Kier alpha value is -1.57. The van der Waals surface area contributed by atoms with Gasteiger partial charge in [0.25, 0.3) is 0 Å². The molecule has 2 rings (SSSR count). The Morgan fingerprint density at radius 2 is 1.84 bits per heavy atom. The van der Waals surface area contributed by atoms with Crippen LogP contribution in [0.4, 0.5) is 0 Å². The largest absolute Gasteiger partial charge is 0.497 e. The molecule has 2 aromatic rings. The number of primary sulfonamides is 1. The lowest BCUT2D eigenvalue weighted by molar-refractivity contribution is 0.404. The molecule has 0 saturated heterocycles. The fourth-order valence-corrected chi connectivity index (χ4v) is 3.37. The van der Waals surface area contributed by atoms with Crippen LogP contribution in [-0.2, 0) is 10.0 Å². The standard InChI is InChI=1S/C12H13NO4S2/c1-16-8-3-4-10(17-2)9(7-8)11-5-6-12(18-11)19(13,14)15/h3-7H,1-2H3,(H2,13,14,15). The number of ether oxygens (including phenoxy) is 2. The fraction of sp³-hybridized carbons (Fsp3) is 0.167. The number of benzene rings is 1. The van der Waals surface area contributed by atoms with E-state index in [-0.39, 0.29) is 4.21 Å². The van der Waals surface area contributed by atoms with Crippen molar-refractivity contribution in [2.24, 2.45) is 5.14 Å². The number of hydrogen-bond acceptors (Lipinski definition) is 5. The average Bonchev–Trinajstić information content (AvgIpc) is 2.87. The molecule has 1 heterocycles. The van der Waals surface area contributed by atoms with Crippen LogP contribution < -0.4 is 14.6 Å². The van der Waals surface area contributed by atoms with Gasteiger partial charge in [-0.2, -0.15) is 0 Å². The molecule has 5 nitrogen and oxygen atoms in total. The molecule has 1 aromatic heterocycles. The van der Waals surface area contributed by atoms with Crippen molar-refractivity contribution in [2.45, 2.75) is 4.21 Å². The molecular weight excluding hydrogens is 286 g/mol. The first-order valence-electron chi connectivity index (χ1n) is 5.30. The highest BCUT2D eigenvalue weighted by atomic mass is 32.2. The van der Waals surface area contributed by atoms with Crippen molar-refractivity contribution in [3.8, 4) is 21.9 Å². The van der Waals surface area contributed by atoms with Gasteiger partial charge in [-0.3, -0.25) is 0 Å². The lowest BCUT2D eigenvalue weighted by Gasteiger charge is -2.08. The van der Waals surface area contributed by atoms with E-state index < -0.39 is 10.0 Å². The molecular formula is C12H13NO4S2. The first kappa shape index (κ1) is 13.9. The van der Waals surface area contributed by atoms with Crippen LogP contribution in [0, 0.1) is 0 Å². The maximum absolute atomic E-state index is 11.3. The van der Waals surface area contributed by atoms with Gasteiger partial charge in [0.15, 0.2) is 0 Å². The normalized spacial score (nSPS) is 11.3. The van der Waals surface area contributed by atoms with Gasteiger partial charge in [0, 0.05) is 10.4 Å². The molecule has 0 fully saturated rings. The Labute approximate surface area is 115 Å². The molecule has 0 amide bonds. The molecule has 0 aliphatic rings. The third kappa shape index (κ3) is 2.89. The summed E-state index contributed by atoms with van der Waals surface area (Å²) in [5.41, 5.74) is 0.766. The van der Waals surface area contributed by atoms with E-state index in [9.17, 15) is 8.42 Å². The van der Waals surface area contributed by atoms with Gasteiger partial charge in [-0.1, -0.05) is 0 Å². The highest BCUT2D eigenvalue weighted by Crippen LogP contribution is 2.38. The molecule has 0 saturated carbocycles. The highest BCUT2D eigenvalue weighted by Gasteiger charge is 2.15. The van der Waals surface area contributed by atoms with Crippen molar-refractivity contribution < 1.29 is 17.9 Å². The van der Waals surface area contributed by atoms with Crippen molar-refractivity contribution in [1.82, 2.24) is 0 Å². The fourth-order valence-electron chi connectivity index (χ4n) is 1.62. The SMILES string of the molecule is COc1ccc(OC)c(-c2ccc(S(N)(=O)=O)s2)c1. The van der Waals surface area contributed by atoms with Gasteiger partial charge in [0.1, 0.15) is 15.7 Å². The van der Waals surface area contributed by atoms with Crippen LogP contribution in [0.25, 0.3) is 10.4 Å². The zero-order valence-electron chi connectivity index (χ0n) is 10.4. The van der Waals surface area contributed by atoms with Gasteiger partial charge in [0.05, 0.1) is 14.2 Å². The Morgan fingerprint density at radius 3 is 2.37 bits per heavy atom. The Bertz CT molecular complexity index is 692. The summed E-state index contributed by atoms with van der Waals surface area (Å²) < 4.78 is 33.1. The maximum atomic E-state index is 11.3. The molecule has 19 heavy (non-hydrogen) atoms. The molecule has 102 valence electrons. The second kappa shape index (κ2) is 5.20. The first-order chi connectivity index (χ1) is 8.95. The van der Waals surface area contributed by atoms with E-state index in [1.807, 2.05) is 0 Å². The van der Waals surface area contributed by atoms with E-state index in [1.165, 1.54) is 6.07 Å². The summed E-state index contributed by atoms with van der Waals surface area (Å²) in [5.74, 6) is 1.31. The third-order valence-electron chi connectivity index (χ3n) is 2.53. The topological polar surface area (TPSA) is 78.6 Å². The Kier molecular flexibility index (Phi) is 3.79. The number of rotatable bonds is 4. The molecule has 0 spiro atoms. The van der Waals surface area contributed by atoms with Gasteiger partial charge >= 0.3 is 0 Å². The van der Waals surface area contributed by atoms with Crippen LogP contribution in [-0.4, -0.2) is 22.6 Å². The Balaban J connectivity index is 2.54. The van der Waals surface area contributed by atoms with Crippen LogP contribution in [0.15, 0.2) is 34.5 Å². The van der Waals surface area contributed by atoms with Crippen LogP contribution in [0.3, 0.4) is 0 Å². The quantitative estimate of drug-likeness (QED) is 0.937. The summed E-state index contributed by atoms with van der Waals surface area (Å²) >= 11 is 1.09. The summed E-state index contributed by atoms with van der Waals surface area (Å²) in [7, 11) is -0.558. The summed E-state index contributed by atoms with van der Waals surface area (Å²) in [5, 5.41) is 5.10. The predicted octanol–water partition coefficient (Wildman–Crippen LogP) is 2.08. The minimum Gasteiger partial charge on any atom is -0.497 e. The van der Waals surface area contributed by atoms with Crippen LogP contribution in [0.2, 0.25) is 0 Å². The van der Waals surface area contributed by atoms with Gasteiger partial charge < -0.3 is 9.47 Å². The number of thiophene rings is 1. The number of methoxy groups -OCH3 is 2. The molecule has 0 aliphatic carbocycles. The van der Waals surface area contributed by atoms with Gasteiger partial charge in [0.2, 0.25) is 10.0 Å². The molecule has 0 bridgehead atoms. The number of hydrogen-bond donors (Lipinski definition) is 1. The second-order valence-corrected chi connectivity index (χ2v) is 6.60. The minimum absolute atomic E-state index is 0.118. The van der Waals surface area contributed by atoms with Gasteiger partial charge in [-0.05, 0) is 30.3 Å². The van der Waals surface area contributed by atoms with E-state index >= 15 is 0 Å². The smallest absolute Gasteiger partial charge is 0.247 e. The van der Waals surface area contributed by atoms with Crippen molar-refractivity contribution in [3.05, 3.63) is 30.3 Å². The predicted molar refractivity (Wildman–Crippen MR) is 74.2 cm³/mol. The summed E-state index contributed by atoms with van der Waals surface area (Å²) in [6, 6.07) is 8.51. The number of nitrogens with two attached hydrogens (primary N) is 1. The molecule has 7 heteroatoms. The lowest BCUT2D eigenvalue weighted by atomic mass is 10.1. The first-order valence-corrected chi connectivity index (χ1v) is 7.67. The van der Waals surface area contributed by atoms with E-state index in [2.05, 4.69) is 0 Å². The summed E-state index contributed by atoms with van der Waals surface area (Å²) in [4.78, 5) is 0.750. The molecule has 0 unspecified atom stereocenters. The molecule has 0 radical (unpaired) electrons. The van der Waals surface area contributed by atoms with Crippen LogP contribution in [0.5, 0.6) is 11.5 Å². The second-order valence-electron chi connectivity index (χ2n) is 3.73. The molecule has 0 aliphatic heterocycles. The zero-order chi connectivity index (χ0) is 14.0. The van der Waals surface area contributed by atoms with Crippen LogP contribution in [0.1, 0.15) is 0 Å². The molecule has 1 aromatic carbocycles. The number of sulfonamides is 1. The van der Waals surface area contributed by atoms with Crippen molar-refractivity contribution >= 4 is 21.4 Å². The third-order valence-corrected chi connectivity index (χ3v) is 5.09. The van der Waals surface area contributed by atoms with Crippen LogP contribution >= 0.6 is 11.3 Å². The summed E-state index contributed by atoms with van der Waals surface area (Å²) in [6.45, 7) is 0. The van der Waals surface area contributed by atoms with Crippen molar-refractivity contribution in [1.29, 1.82) is 0 Å². The van der Waals surface area contributed by atoms with E-state index in [0.717, 1.165) is 21.8 Å². The van der Waals surface area contributed by atoms with E-state index in [4.69, 9.17) is 14.6 Å². The Morgan fingerprint density at radius 1 is 1.11 bits per heavy atom. The monoisotopic (exact) mass is 299 g/mol.